The van der Waals surface area contributed by atoms with Crippen molar-refractivity contribution in [3.63, 3.8) is 0 Å². The molecule has 0 aromatic heterocycles. The molecule has 0 aromatic carbocycles. The Bertz CT molecular complexity index is 454. The summed E-state index contributed by atoms with van der Waals surface area (Å²) in [5.74, 6) is 1.70. The van der Waals surface area contributed by atoms with E-state index in [0.717, 1.165) is 25.7 Å². The molecule has 4 saturated heterocycles. The molecule has 40 heavy (non-hydrogen) atoms. The Morgan fingerprint density at radius 2 is 0.550 bits per heavy atom. The molecule has 4 heterocycles. The molecule has 0 amide bonds. The van der Waals surface area contributed by atoms with Crippen LogP contribution in [0.15, 0.2) is 0 Å². The van der Waals surface area contributed by atoms with Crippen molar-refractivity contribution >= 4 is 31.4 Å². The molecule has 4 rings (SSSR count). The predicted molar refractivity (Wildman–Crippen MR) is 153 cm³/mol. The largest absolute Gasteiger partial charge is 0.419 e. The second-order valence-corrected chi connectivity index (χ2v) is 10.4. The molecule has 12 radical (unpaired) electrons. The van der Waals surface area contributed by atoms with Crippen molar-refractivity contribution in [2.45, 2.75) is 130 Å². The maximum atomic E-state index is 5.59. The van der Waals surface area contributed by atoms with Gasteiger partial charge in [0.1, 0.15) is 31.4 Å². The van der Waals surface area contributed by atoms with Crippen molar-refractivity contribution in [2.75, 3.05) is 0 Å². The van der Waals surface area contributed by atoms with E-state index in [-0.39, 0.29) is 155 Å². The van der Waals surface area contributed by atoms with Crippen molar-refractivity contribution < 1.29 is 150 Å². The summed E-state index contributed by atoms with van der Waals surface area (Å²) in [6.45, 7) is 16.7. The van der Waals surface area contributed by atoms with Crippen LogP contribution in [0.3, 0.4) is 0 Å². The third-order valence-electron chi connectivity index (χ3n) is 7.08. The van der Waals surface area contributed by atoms with Crippen LogP contribution in [0.4, 0.5) is 0 Å². The van der Waals surface area contributed by atoms with Gasteiger partial charge in [-0.15, -0.1) is 0 Å². The van der Waals surface area contributed by atoms with Gasteiger partial charge in [0.25, 0.3) is 0 Å². The van der Waals surface area contributed by atoms with E-state index in [4.69, 9.17) is 50.3 Å². The molecule has 0 aliphatic carbocycles. The molecule has 0 saturated carbocycles. The van der Waals surface area contributed by atoms with Gasteiger partial charge in [-0.25, -0.2) is 0 Å². The number of ether oxygens (including phenoxy) is 4. The molecule has 0 aromatic rings. The van der Waals surface area contributed by atoms with Gasteiger partial charge in [0.2, 0.25) is 0 Å². The first-order chi connectivity index (χ1) is 16.9. The van der Waals surface area contributed by atoms with Crippen LogP contribution < -0.4 is 0 Å². The molecule has 8 unspecified atom stereocenters. The van der Waals surface area contributed by atoms with E-state index in [1.54, 1.807) is 0 Å². The Hall–Kier alpha value is 4.52. The minimum atomic E-state index is -0.0602. The van der Waals surface area contributed by atoms with Crippen LogP contribution in [0.1, 0.15) is 81.1 Å². The van der Waals surface area contributed by atoms with Crippen LogP contribution in [0.2, 0.25) is 0 Å². The quantitative estimate of drug-likeness (QED) is 0.309. The van der Waals surface area contributed by atoms with Crippen molar-refractivity contribution in [3.05, 3.63) is 25.7 Å². The number of rotatable bonds is 4. The van der Waals surface area contributed by atoms with E-state index in [9.17, 15) is 0 Å². The summed E-state index contributed by atoms with van der Waals surface area (Å²) in [7, 11) is 22.4. The topological polar surface area (TPSA) is 36.9 Å². The Balaban J connectivity index is -0.000000209. The molecule has 0 bridgehead atoms. The van der Waals surface area contributed by atoms with Gasteiger partial charge < -0.3 is 18.9 Å². The monoisotopic (exact) mass is 848 g/mol. The molecule has 4 fully saturated rings. The fourth-order valence-corrected chi connectivity index (χ4v) is 4.21. The average molecular weight is 848 g/mol. The van der Waals surface area contributed by atoms with Gasteiger partial charge >= 0.3 is 0 Å². The molecule has 12 heteroatoms. The maximum absolute atomic E-state index is 5.59. The first-order valence-corrected chi connectivity index (χ1v) is 14.0. The van der Waals surface area contributed by atoms with E-state index in [2.05, 4.69) is 81.1 Å². The number of hydrogen-bond donors (Lipinski definition) is 0. The van der Waals surface area contributed by atoms with Crippen LogP contribution in [0.25, 0.3) is 0 Å². The maximum Gasteiger partial charge on any atom is 0.105 e. The molecule has 4 aliphatic rings. The zero-order chi connectivity index (χ0) is 27.4. The molecule has 0 N–H and O–H groups in total. The summed E-state index contributed by atoms with van der Waals surface area (Å²) in [4.78, 5) is 0. The molecule has 4 nitrogen and oxygen atoms in total. The summed E-state index contributed by atoms with van der Waals surface area (Å²) >= 11 is 0. The normalized spacial score (nSPS) is 39.2. The average Bonchev–Trinajstić information content (AvgIpc) is 3.57. The number of hydrogen-bond acceptors (Lipinski definition) is 4. The second kappa shape index (κ2) is 28.5. The molecule has 0 spiro atoms. The zero-order valence-electron chi connectivity index (χ0n) is 26.3. The summed E-state index contributed by atoms with van der Waals surface area (Å²) in [5, 5.41) is 0. The van der Waals surface area contributed by atoms with Gasteiger partial charge in [0.05, 0.1) is 0 Å². The van der Waals surface area contributed by atoms with Crippen LogP contribution >= 0.6 is 0 Å². The van der Waals surface area contributed by atoms with Crippen molar-refractivity contribution in [3.8, 4) is 0 Å². The minimum absolute atomic E-state index is 0. The second-order valence-electron chi connectivity index (χ2n) is 10.4. The van der Waals surface area contributed by atoms with Gasteiger partial charge in [-0.3, -0.25) is 25.7 Å². The Morgan fingerprint density at radius 3 is 0.600 bits per heavy atom. The van der Waals surface area contributed by atoms with Crippen LogP contribution in [-0.4, -0.2) is 79.8 Å². The van der Waals surface area contributed by atoms with E-state index in [1.807, 2.05) is 0 Å². The standard InChI is InChI=1S/4C7H12BO.4Y/c4*1-3-6-4-5(2)7(8)9-6;;;;/h4*4-7H,3H2,1-2H3;;;;/q4*-1;;;;/t4*5-,6?,7?;;;;/m1100..../s1. The fourth-order valence-electron chi connectivity index (χ4n) is 4.21. The fraction of sp³-hybridized carbons (Fsp3) is 0.857. The Morgan fingerprint density at radius 1 is 0.400 bits per heavy atom. The van der Waals surface area contributed by atoms with E-state index in [1.165, 1.54) is 0 Å². The molecule has 4 aliphatic heterocycles. The smallest absolute Gasteiger partial charge is 0.105 e. The van der Waals surface area contributed by atoms with Gasteiger partial charge in [-0.05, 0) is 24.0 Å². The van der Waals surface area contributed by atoms with Crippen LogP contribution in [0.5, 0.6) is 0 Å². The molecule has 212 valence electrons. The summed E-state index contributed by atoms with van der Waals surface area (Å²) in [5.41, 5.74) is 0. The third kappa shape index (κ3) is 20.0. The van der Waals surface area contributed by atoms with Gasteiger partial charge in [0.15, 0.2) is 0 Å². The third-order valence-corrected chi connectivity index (χ3v) is 7.08. The van der Waals surface area contributed by atoms with Crippen molar-refractivity contribution in [1.29, 1.82) is 0 Å². The van der Waals surface area contributed by atoms with Gasteiger partial charge in [0, 0.05) is 131 Å². The first kappa shape index (κ1) is 51.4. The Labute approximate surface area is 354 Å². The molecular weight excluding hydrogens is 799 g/mol. The summed E-state index contributed by atoms with van der Waals surface area (Å²) in [6, 6.07) is -0.241. The summed E-state index contributed by atoms with van der Waals surface area (Å²) in [6.07, 6.45) is 14.0. The van der Waals surface area contributed by atoms with E-state index >= 15 is 0 Å². The first-order valence-electron chi connectivity index (χ1n) is 14.0. The predicted octanol–water partition coefficient (Wildman–Crippen LogP) is 4.51. The van der Waals surface area contributed by atoms with Crippen LogP contribution in [0, 0.1) is 49.4 Å². The van der Waals surface area contributed by atoms with Gasteiger partial charge in [-0.2, -0.15) is 23.7 Å². The van der Waals surface area contributed by atoms with Crippen molar-refractivity contribution in [1.82, 2.24) is 0 Å². The zero-order valence-corrected chi connectivity index (χ0v) is 37.7. The summed E-state index contributed by atoms with van der Waals surface area (Å²) < 4.78 is 21.4. The Kier molecular flexibility index (Phi) is 36.6. The molecule has 12 atom stereocenters. The molecular formula is C28H48B4O4Y4-4. The van der Waals surface area contributed by atoms with E-state index < -0.39 is 0 Å². The van der Waals surface area contributed by atoms with E-state index in [0.29, 0.717) is 48.1 Å². The van der Waals surface area contributed by atoms with Gasteiger partial charge in [-0.1, -0.05) is 105 Å². The van der Waals surface area contributed by atoms with Crippen molar-refractivity contribution in [2.24, 2.45) is 23.7 Å². The minimum Gasteiger partial charge on any atom is -0.419 e. The van der Waals surface area contributed by atoms with Crippen LogP contribution in [-0.2, 0) is 150 Å². The SMILES string of the molecule is [B]C1OC(CC)[CH-][C@@H]1C.[B]C1OC(CC)[CH-][C@@H]1C.[B]C1OC(CC)[CH-][C@H]1C.[B]C1OC(CC)[CH-][C@H]1C.[Y].[Y].[Y].[Y].